The minimum atomic E-state index is 0.0921. The second kappa shape index (κ2) is 7.67. The molecule has 0 saturated carbocycles. The minimum absolute atomic E-state index is 0.0921. The molecule has 23 heavy (non-hydrogen) atoms. The molecule has 0 atom stereocenters. The van der Waals surface area contributed by atoms with E-state index in [2.05, 4.69) is 35.6 Å². The first-order valence-electron chi connectivity index (χ1n) is 7.97. The molecule has 2 aromatic rings. The number of benzene rings is 2. The normalized spacial score (nSPS) is 17.1. The van der Waals surface area contributed by atoms with Crippen LogP contribution in [0.3, 0.4) is 0 Å². The molecule has 2 nitrogen and oxygen atoms in total. The molecular weight excluding hydrogens is 329 g/mol. The number of rotatable bonds is 5. The van der Waals surface area contributed by atoms with Crippen molar-refractivity contribution in [3.05, 3.63) is 69.7 Å². The molecule has 1 aliphatic heterocycles. The number of halogens is 2. The smallest absolute Gasteiger partial charge is 0.0718 e. The van der Waals surface area contributed by atoms with Crippen LogP contribution < -0.4 is 5.32 Å². The molecule has 1 heterocycles. The van der Waals surface area contributed by atoms with Crippen LogP contribution in [0.5, 0.6) is 0 Å². The largest absolute Gasteiger partial charge is 0.376 e. The number of hydrogen-bond donors (Lipinski definition) is 1. The predicted molar refractivity (Wildman–Crippen MR) is 96.3 cm³/mol. The quantitative estimate of drug-likeness (QED) is 0.834. The lowest BCUT2D eigenvalue weighted by Crippen LogP contribution is -2.43. The predicted octanol–water partition coefficient (Wildman–Crippen LogP) is 4.83. The Bertz CT molecular complexity index is 619. The van der Waals surface area contributed by atoms with Gasteiger partial charge in [-0.05, 0) is 55.3 Å². The molecule has 1 aliphatic rings. The fourth-order valence-electron chi connectivity index (χ4n) is 3.27. The standard InChI is InChI=1S/C19H21Cl2NO/c20-17-10-15(11-18(21)12-17)13-23-14-19(6-8-22-9-7-19)16-4-2-1-3-5-16/h1-5,10-12,22H,6-9,13-14H2. The van der Waals surface area contributed by atoms with Crippen LogP contribution >= 0.6 is 23.2 Å². The van der Waals surface area contributed by atoms with E-state index in [1.54, 1.807) is 6.07 Å². The lowest BCUT2D eigenvalue weighted by Gasteiger charge is -2.38. The molecule has 1 fully saturated rings. The summed E-state index contributed by atoms with van der Waals surface area (Å²) >= 11 is 12.1. The zero-order chi connectivity index (χ0) is 16.1. The van der Waals surface area contributed by atoms with E-state index in [0.29, 0.717) is 23.3 Å². The first kappa shape index (κ1) is 16.8. The van der Waals surface area contributed by atoms with Crippen LogP contribution in [0, 0.1) is 0 Å². The Balaban J connectivity index is 1.70. The summed E-state index contributed by atoms with van der Waals surface area (Å²) in [6.45, 7) is 3.30. The van der Waals surface area contributed by atoms with Crippen molar-refractivity contribution in [3.63, 3.8) is 0 Å². The summed E-state index contributed by atoms with van der Waals surface area (Å²) in [6.07, 6.45) is 2.18. The van der Waals surface area contributed by atoms with Gasteiger partial charge in [-0.2, -0.15) is 0 Å². The highest BCUT2D eigenvalue weighted by atomic mass is 35.5. The highest BCUT2D eigenvalue weighted by Gasteiger charge is 2.34. The summed E-state index contributed by atoms with van der Waals surface area (Å²) in [7, 11) is 0. The second-order valence-electron chi connectivity index (χ2n) is 6.17. The molecule has 3 rings (SSSR count). The lowest BCUT2D eigenvalue weighted by molar-refractivity contribution is 0.0565. The molecular formula is C19H21Cl2NO. The van der Waals surface area contributed by atoms with Crippen LogP contribution in [-0.2, 0) is 16.8 Å². The Morgan fingerprint density at radius 2 is 1.61 bits per heavy atom. The second-order valence-corrected chi connectivity index (χ2v) is 7.04. The molecule has 0 unspecified atom stereocenters. The molecule has 122 valence electrons. The van der Waals surface area contributed by atoms with Gasteiger partial charge < -0.3 is 10.1 Å². The first-order chi connectivity index (χ1) is 11.2. The monoisotopic (exact) mass is 349 g/mol. The van der Waals surface area contributed by atoms with Crippen LogP contribution in [0.15, 0.2) is 48.5 Å². The van der Waals surface area contributed by atoms with E-state index in [-0.39, 0.29) is 5.41 Å². The van der Waals surface area contributed by atoms with Crippen molar-refractivity contribution in [2.45, 2.75) is 24.9 Å². The highest BCUT2D eigenvalue weighted by Crippen LogP contribution is 2.34. The summed E-state index contributed by atoms with van der Waals surface area (Å²) in [5.41, 5.74) is 2.47. The third-order valence-corrected chi connectivity index (χ3v) is 4.95. The molecule has 0 amide bonds. The van der Waals surface area contributed by atoms with Crippen molar-refractivity contribution >= 4 is 23.2 Å². The average molecular weight is 350 g/mol. The average Bonchev–Trinajstić information content (AvgIpc) is 2.56. The molecule has 0 aliphatic carbocycles. The van der Waals surface area contributed by atoms with E-state index in [1.165, 1.54) is 5.56 Å². The van der Waals surface area contributed by atoms with Gasteiger partial charge in [-0.3, -0.25) is 0 Å². The topological polar surface area (TPSA) is 21.3 Å². The van der Waals surface area contributed by atoms with Gasteiger partial charge in [0.1, 0.15) is 0 Å². The molecule has 0 spiro atoms. The van der Waals surface area contributed by atoms with Crippen LogP contribution in [-0.4, -0.2) is 19.7 Å². The maximum absolute atomic E-state index is 6.08. The van der Waals surface area contributed by atoms with E-state index >= 15 is 0 Å². The van der Waals surface area contributed by atoms with Gasteiger partial charge in [-0.1, -0.05) is 53.5 Å². The first-order valence-corrected chi connectivity index (χ1v) is 8.73. The van der Waals surface area contributed by atoms with Gasteiger partial charge in [-0.25, -0.2) is 0 Å². The summed E-state index contributed by atoms with van der Waals surface area (Å²) in [4.78, 5) is 0. The summed E-state index contributed by atoms with van der Waals surface area (Å²) in [5, 5.41) is 4.74. The fourth-order valence-corrected chi connectivity index (χ4v) is 3.84. The van der Waals surface area contributed by atoms with Crippen molar-refractivity contribution < 1.29 is 4.74 Å². The third kappa shape index (κ3) is 4.27. The summed E-state index contributed by atoms with van der Waals surface area (Å²) < 4.78 is 6.08. The lowest BCUT2D eigenvalue weighted by atomic mass is 9.74. The van der Waals surface area contributed by atoms with Gasteiger partial charge in [-0.15, -0.1) is 0 Å². The maximum Gasteiger partial charge on any atom is 0.0718 e. The molecule has 0 aromatic heterocycles. The zero-order valence-corrected chi connectivity index (χ0v) is 14.5. The van der Waals surface area contributed by atoms with Crippen LogP contribution in [0.4, 0.5) is 0 Å². The van der Waals surface area contributed by atoms with Crippen molar-refractivity contribution in [3.8, 4) is 0 Å². The third-order valence-electron chi connectivity index (χ3n) is 4.52. The van der Waals surface area contributed by atoms with Gasteiger partial charge in [0.05, 0.1) is 13.2 Å². The van der Waals surface area contributed by atoms with Crippen LogP contribution in [0.1, 0.15) is 24.0 Å². The van der Waals surface area contributed by atoms with Crippen molar-refractivity contribution in [2.24, 2.45) is 0 Å². The number of hydrogen-bond acceptors (Lipinski definition) is 2. The van der Waals surface area contributed by atoms with E-state index in [0.717, 1.165) is 31.5 Å². The molecule has 4 heteroatoms. The van der Waals surface area contributed by atoms with Crippen molar-refractivity contribution in [1.29, 1.82) is 0 Å². The van der Waals surface area contributed by atoms with Gasteiger partial charge in [0.25, 0.3) is 0 Å². The van der Waals surface area contributed by atoms with Crippen LogP contribution in [0.25, 0.3) is 0 Å². The maximum atomic E-state index is 6.08. The number of piperidine rings is 1. The number of nitrogens with one attached hydrogen (secondary N) is 1. The molecule has 1 saturated heterocycles. The summed E-state index contributed by atoms with van der Waals surface area (Å²) in [6, 6.07) is 16.3. The summed E-state index contributed by atoms with van der Waals surface area (Å²) in [5.74, 6) is 0. The molecule has 1 N–H and O–H groups in total. The fraction of sp³-hybridized carbons (Fsp3) is 0.368. The van der Waals surface area contributed by atoms with E-state index in [1.807, 2.05) is 12.1 Å². The minimum Gasteiger partial charge on any atom is -0.376 e. The van der Waals surface area contributed by atoms with Crippen molar-refractivity contribution in [1.82, 2.24) is 5.32 Å². The Morgan fingerprint density at radius 1 is 0.957 bits per heavy atom. The van der Waals surface area contributed by atoms with Gasteiger partial charge in [0.15, 0.2) is 0 Å². The highest BCUT2D eigenvalue weighted by molar-refractivity contribution is 6.34. The Kier molecular flexibility index (Phi) is 5.60. The van der Waals surface area contributed by atoms with Crippen molar-refractivity contribution in [2.75, 3.05) is 19.7 Å². The molecule has 0 bridgehead atoms. The van der Waals surface area contributed by atoms with E-state index < -0.39 is 0 Å². The Hall–Kier alpha value is -1.06. The Labute approximate surface area is 147 Å². The zero-order valence-electron chi connectivity index (χ0n) is 13.0. The van der Waals surface area contributed by atoms with Gasteiger partial charge in [0.2, 0.25) is 0 Å². The van der Waals surface area contributed by atoms with E-state index in [9.17, 15) is 0 Å². The Morgan fingerprint density at radius 3 is 2.26 bits per heavy atom. The van der Waals surface area contributed by atoms with E-state index in [4.69, 9.17) is 27.9 Å². The van der Waals surface area contributed by atoms with Gasteiger partial charge in [0, 0.05) is 15.5 Å². The molecule has 2 aromatic carbocycles. The number of ether oxygens (including phenoxy) is 1. The SMILES string of the molecule is Clc1cc(Cl)cc(COCC2(c3ccccc3)CCNCC2)c1. The van der Waals surface area contributed by atoms with Gasteiger partial charge >= 0.3 is 0 Å². The molecule has 0 radical (unpaired) electrons. The van der Waals surface area contributed by atoms with Crippen LogP contribution in [0.2, 0.25) is 10.0 Å².